The molecule has 1 aliphatic rings. The molecule has 0 bridgehead atoms. The van der Waals surface area contributed by atoms with Crippen molar-refractivity contribution >= 4 is 23.4 Å². The van der Waals surface area contributed by atoms with Crippen molar-refractivity contribution in [3.63, 3.8) is 0 Å². The quantitative estimate of drug-likeness (QED) is 0.523. The van der Waals surface area contributed by atoms with Crippen LogP contribution in [0.15, 0.2) is 62.9 Å². The van der Waals surface area contributed by atoms with Crippen molar-refractivity contribution in [1.82, 2.24) is 5.27 Å². The highest BCUT2D eigenvalue weighted by molar-refractivity contribution is 7.99. The Kier molecular flexibility index (Phi) is 4.36. The van der Waals surface area contributed by atoms with E-state index in [4.69, 9.17) is 14.0 Å². The van der Waals surface area contributed by atoms with E-state index in [1.165, 1.54) is 4.68 Å². The van der Waals surface area contributed by atoms with Gasteiger partial charge in [0.2, 0.25) is 18.4 Å². The van der Waals surface area contributed by atoms with Gasteiger partial charge in [-0.05, 0) is 33.8 Å². The first-order valence-corrected chi connectivity index (χ1v) is 8.70. The zero-order valence-electron chi connectivity index (χ0n) is 13.4. The first-order valence-electron chi connectivity index (χ1n) is 7.72. The number of hydrogen-bond acceptors (Lipinski definition) is 6. The van der Waals surface area contributed by atoms with E-state index < -0.39 is 5.63 Å². The van der Waals surface area contributed by atoms with Gasteiger partial charge in [0, 0.05) is 23.9 Å². The Morgan fingerprint density at radius 2 is 1.96 bits per heavy atom. The molecule has 1 amide bonds. The van der Waals surface area contributed by atoms with Crippen molar-refractivity contribution in [2.24, 2.45) is 0 Å². The third-order valence-corrected chi connectivity index (χ3v) is 4.65. The monoisotopic (exact) mass is 372 g/mol. The van der Waals surface area contributed by atoms with Crippen LogP contribution in [0.1, 0.15) is 0 Å². The number of aromatic nitrogens is 2. The molecule has 0 radical (unpaired) electrons. The lowest BCUT2D eigenvalue weighted by Gasteiger charge is -2.04. The molecule has 1 aromatic heterocycles. The molecule has 0 saturated heterocycles. The van der Waals surface area contributed by atoms with Crippen molar-refractivity contribution in [2.75, 3.05) is 17.9 Å². The number of carbonyl (C=O) groups excluding carboxylic acids is 1. The maximum atomic E-state index is 12.2. The lowest BCUT2D eigenvalue weighted by molar-refractivity contribution is -0.704. The summed E-state index contributed by atoms with van der Waals surface area (Å²) in [7, 11) is 0. The molecule has 3 aromatic rings. The molecule has 0 fully saturated rings. The number of aromatic amines is 1. The molecule has 0 saturated carbocycles. The summed E-state index contributed by atoms with van der Waals surface area (Å²) in [6.45, 7) is 0.172. The number of nitrogens with zero attached hydrogens (tertiary/aromatic N) is 1. The standard InChI is InChI=1S/C17H13N3O5S/c21-15(18-11-6-7-13-14(8-11)24-10-23-13)9-26-16-17(22)25-19-20(16)12-4-2-1-3-5-12/h1-8H,9-10H2,(H-,18,19,21,22)/p+1. The van der Waals surface area contributed by atoms with Gasteiger partial charge in [0.05, 0.1) is 5.75 Å². The van der Waals surface area contributed by atoms with E-state index in [0.717, 1.165) is 17.4 Å². The van der Waals surface area contributed by atoms with Gasteiger partial charge < -0.3 is 14.8 Å². The molecule has 0 spiro atoms. The fraction of sp³-hybridized carbons (Fsp3) is 0.118. The summed E-state index contributed by atoms with van der Waals surface area (Å²) < 4.78 is 16.9. The van der Waals surface area contributed by atoms with E-state index in [1.807, 2.05) is 30.3 Å². The average Bonchev–Trinajstić information content (AvgIpc) is 3.26. The van der Waals surface area contributed by atoms with E-state index in [1.54, 1.807) is 18.2 Å². The van der Waals surface area contributed by atoms with Crippen molar-refractivity contribution in [3.05, 3.63) is 59.0 Å². The number of thioether (sulfide) groups is 1. The number of para-hydroxylation sites is 1. The van der Waals surface area contributed by atoms with Gasteiger partial charge in [-0.2, -0.15) is 0 Å². The minimum Gasteiger partial charge on any atom is -0.454 e. The van der Waals surface area contributed by atoms with Gasteiger partial charge in [0.15, 0.2) is 11.5 Å². The van der Waals surface area contributed by atoms with Crippen molar-refractivity contribution in [3.8, 4) is 17.2 Å². The molecule has 2 heterocycles. The lowest BCUT2D eigenvalue weighted by Crippen LogP contribution is -2.36. The summed E-state index contributed by atoms with van der Waals surface area (Å²) in [5.74, 6) is 1.02. The summed E-state index contributed by atoms with van der Waals surface area (Å²) in [5.41, 5.74) is 0.795. The van der Waals surface area contributed by atoms with Crippen molar-refractivity contribution < 1.29 is 23.5 Å². The number of anilines is 1. The highest BCUT2D eigenvalue weighted by Gasteiger charge is 2.25. The Balaban J connectivity index is 1.44. The number of ether oxygens (including phenoxy) is 2. The van der Waals surface area contributed by atoms with E-state index in [2.05, 4.69) is 10.6 Å². The second-order valence-corrected chi connectivity index (χ2v) is 6.33. The maximum Gasteiger partial charge on any atom is 0.442 e. The SMILES string of the molecule is O=C(CSc1c(=O)o[nH][n+]1-c1ccccc1)Nc1ccc2c(c1)OCO2. The molecule has 4 rings (SSSR count). The second-order valence-electron chi connectivity index (χ2n) is 5.36. The van der Waals surface area contributed by atoms with E-state index in [-0.39, 0.29) is 23.5 Å². The molecule has 1 aliphatic heterocycles. The van der Waals surface area contributed by atoms with Gasteiger partial charge in [-0.1, -0.05) is 18.2 Å². The zero-order chi connectivity index (χ0) is 17.9. The topological polar surface area (TPSA) is 97.4 Å². The summed E-state index contributed by atoms with van der Waals surface area (Å²) in [4.78, 5) is 24.1. The van der Waals surface area contributed by atoms with Gasteiger partial charge >= 0.3 is 10.7 Å². The summed E-state index contributed by atoms with van der Waals surface area (Å²) in [6.07, 6.45) is 0. The Morgan fingerprint density at radius 1 is 1.15 bits per heavy atom. The number of nitrogens with one attached hydrogen (secondary N) is 2. The number of H-pyrrole nitrogens is 1. The molecule has 132 valence electrons. The smallest absolute Gasteiger partial charge is 0.442 e. The molecular formula is C17H14N3O5S+. The van der Waals surface area contributed by atoms with Crippen molar-refractivity contribution in [2.45, 2.75) is 5.03 Å². The first kappa shape index (κ1) is 16.3. The molecule has 0 unspecified atom stereocenters. The van der Waals surface area contributed by atoms with Crippen LogP contribution in [0.3, 0.4) is 0 Å². The van der Waals surface area contributed by atoms with Gasteiger partial charge in [-0.3, -0.25) is 9.32 Å². The van der Waals surface area contributed by atoms with Crippen LogP contribution in [0.5, 0.6) is 11.5 Å². The molecule has 8 nitrogen and oxygen atoms in total. The Morgan fingerprint density at radius 3 is 2.81 bits per heavy atom. The largest absolute Gasteiger partial charge is 0.454 e. The lowest BCUT2D eigenvalue weighted by atomic mass is 10.3. The van der Waals surface area contributed by atoms with E-state index in [0.29, 0.717) is 17.2 Å². The number of amides is 1. The number of fused-ring (bicyclic) bond motifs is 1. The predicted octanol–water partition coefficient (Wildman–Crippen LogP) is 1.70. The van der Waals surface area contributed by atoms with Crippen LogP contribution in [0.2, 0.25) is 0 Å². The minimum absolute atomic E-state index is 0.0455. The molecule has 0 aliphatic carbocycles. The zero-order valence-corrected chi connectivity index (χ0v) is 14.2. The molecule has 0 atom stereocenters. The van der Waals surface area contributed by atoms with Gasteiger partial charge in [-0.15, -0.1) is 0 Å². The average molecular weight is 372 g/mol. The fourth-order valence-corrected chi connectivity index (χ4v) is 3.21. The fourth-order valence-electron chi connectivity index (χ4n) is 2.44. The maximum absolute atomic E-state index is 12.2. The summed E-state index contributed by atoms with van der Waals surface area (Å²) >= 11 is 1.09. The number of carbonyl (C=O) groups is 1. The second kappa shape index (κ2) is 6.96. The first-order chi connectivity index (χ1) is 12.7. The van der Waals surface area contributed by atoms with E-state index >= 15 is 0 Å². The van der Waals surface area contributed by atoms with Gasteiger partial charge in [0.25, 0.3) is 0 Å². The minimum atomic E-state index is -0.533. The Bertz CT molecular complexity index is 999. The van der Waals surface area contributed by atoms with E-state index in [9.17, 15) is 9.59 Å². The molecule has 9 heteroatoms. The third kappa shape index (κ3) is 3.29. The van der Waals surface area contributed by atoms with Gasteiger partial charge in [-0.25, -0.2) is 4.79 Å². The van der Waals surface area contributed by atoms with Crippen LogP contribution in [0, 0.1) is 0 Å². The van der Waals surface area contributed by atoms with Crippen LogP contribution in [0.4, 0.5) is 5.69 Å². The number of rotatable bonds is 5. The van der Waals surface area contributed by atoms with Crippen LogP contribution in [0.25, 0.3) is 5.69 Å². The molecule has 26 heavy (non-hydrogen) atoms. The number of benzene rings is 2. The van der Waals surface area contributed by atoms with Crippen LogP contribution in [-0.2, 0) is 4.79 Å². The summed E-state index contributed by atoms with van der Waals surface area (Å²) in [5, 5.41) is 5.59. The highest BCUT2D eigenvalue weighted by atomic mass is 32.2. The molecule has 2 N–H and O–H groups in total. The summed E-state index contributed by atoms with van der Waals surface area (Å²) in [6, 6.07) is 14.3. The normalized spacial score (nSPS) is 12.2. The van der Waals surface area contributed by atoms with Crippen molar-refractivity contribution in [1.29, 1.82) is 0 Å². The highest BCUT2D eigenvalue weighted by Crippen LogP contribution is 2.34. The van der Waals surface area contributed by atoms with Crippen LogP contribution < -0.4 is 25.1 Å². The Hall–Kier alpha value is -3.20. The number of hydrogen-bond donors (Lipinski definition) is 2. The third-order valence-electron chi connectivity index (χ3n) is 3.62. The van der Waals surface area contributed by atoms with Gasteiger partial charge in [0.1, 0.15) is 0 Å². The van der Waals surface area contributed by atoms with Crippen LogP contribution in [-0.4, -0.2) is 23.7 Å². The predicted molar refractivity (Wildman–Crippen MR) is 92.8 cm³/mol. The van der Waals surface area contributed by atoms with Crippen LogP contribution >= 0.6 is 11.8 Å². The molecular weight excluding hydrogens is 358 g/mol. The Labute approximate surface area is 151 Å². The molecule has 2 aromatic carbocycles.